The van der Waals surface area contributed by atoms with Gasteiger partial charge in [-0.25, -0.2) is 8.42 Å². The first kappa shape index (κ1) is 18.6. The molecular weight excluding hydrogens is 371 g/mol. The zero-order valence-electron chi connectivity index (χ0n) is 13.1. The number of anilines is 2. The summed E-state index contributed by atoms with van der Waals surface area (Å²) in [5, 5.41) is 3.05. The first-order valence-electron chi connectivity index (χ1n) is 7.11. The maximum atomic E-state index is 12.9. The molecule has 0 heterocycles. The van der Waals surface area contributed by atoms with Crippen molar-refractivity contribution in [2.45, 2.75) is 18.7 Å². The summed E-state index contributed by atoms with van der Waals surface area (Å²) in [6, 6.07) is 10.8. The number of hydrogen-bond acceptors (Lipinski definition) is 3. The molecule has 0 saturated carbocycles. The van der Waals surface area contributed by atoms with Crippen LogP contribution in [0, 0.1) is 0 Å². The monoisotopic (exact) mass is 386 g/mol. The molecular formula is C16H16Cl2N2O3S. The summed E-state index contributed by atoms with van der Waals surface area (Å²) in [5.74, 6) is -0.230. The lowest BCUT2D eigenvalue weighted by atomic mass is 10.3. The van der Waals surface area contributed by atoms with Crippen LogP contribution < -0.4 is 9.62 Å². The van der Waals surface area contributed by atoms with Gasteiger partial charge in [0.15, 0.2) is 0 Å². The van der Waals surface area contributed by atoms with Crippen molar-refractivity contribution in [2.24, 2.45) is 0 Å². The number of nitrogens with zero attached hydrogens (tertiary/aromatic N) is 1. The van der Waals surface area contributed by atoms with E-state index in [0.717, 1.165) is 0 Å². The molecule has 0 aliphatic rings. The number of nitrogens with one attached hydrogen (secondary N) is 1. The third kappa shape index (κ3) is 3.83. The Morgan fingerprint density at radius 2 is 1.75 bits per heavy atom. The van der Waals surface area contributed by atoms with Crippen LogP contribution in [-0.4, -0.2) is 20.9 Å². The molecule has 0 radical (unpaired) electrons. The minimum Gasteiger partial charge on any atom is -0.326 e. The average Bonchev–Trinajstić information content (AvgIpc) is 2.52. The molecule has 2 aromatic rings. The second-order valence-corrected chi connectivity index (χ2v) is 7.60. The van der Waals surface area contributed by atoms with E-state index < -0.39 is 10.0 Å². The van der Waals surface area contributed by atoms with Gasteiger partial charge in [0, 0.05) is 19.2 Å². The summed E-state index contributed by atoms with van der Waals surface area (Å²) < 4.78 is 27.0. The van der Waals surface area contributed by atoms with E-state index >= 15 is 0 Å². The van der Waals surface area contributed by atoms with Gasteiger partial charge in [0.2, 0.25) is 5.91 Å². The molecule has 2 aromatic carbocycles. The lowest BCUT2D eigenvalue weighted by molar-refractivity contribution is -0.114. The fraction of sp³-hybridized carbons (Fsp3) is 0.188. The van der Waals surface area contributed by atoms with Gasteiger partial charge in [-0.2, -0.15) is 0 Å². The van der Waals surface area contributed by atoms with Gasteiger partial charge in [0.1, 0.15) is 0 Å². The normalized spacial score (nSPS) is 11.2. The second-order valence-electron chi connectivity index (χ2n) is 4.95. The summed E-state index contributed by atoms with van der Waals surface area (Å²) in [6.45, 7) is 3.28. The van der Waals surface area contributed by atoms with Crippen molar-refractivity contribution in [3.8, 4) is 0 Å². The number of hydrogen-bond donors (Lipinski definition) is 1. The molecule has 0 atom stereocenters. The van der Waals surface area contributed by atoms with Gasteiger partial charge in [-0.1, -0.05) is 29.3 Å². The van der Waals surface area contributed by atoms with Crippen molar-refractivity contribution in [3.05, 3.63) is 52.5 Å². The van der Waals surface area contributed by atoms with Gasteiger partial charge in [-0.15, -0.1) is 0 Å². The number of carbonyl (C=O) groups is 1. The van der Waals surface area contributed by atoms with Gasteiger partial charge in [0.25, 0.3) is 10.0 Å². The molecule has 2 rings (SSSR count). The SMILES string of the molecule is CCN(c1cccc(Cl)c1Cl)S(=O)(=O)c1ccc(NC(C)=O)cc1. The Labute approximate surface area is 151 Å². The fourth-order valence-corrected chi connectivity index (χ4v) is 4.13. The first-order valence-corrected chi connectivity index (χ1v) is 9.31. The predicted octanol–water partition coefficient (Wildman–Crippen LogP) is 4.17. The maximum Gasteiger partial charge on any atom is 0.264 e. The van der Waals surface area contributed by atoms with E-state index in [9.17, 15) is 13.2 Å². The van der Waals surface area contributed by atoms with Crippen molar-refractivity contribution in [2.75, 3.05) is 16.2 Å². The van der Waals surface area contributed by atoms with E-state index in [2.05, 4.69) is 5.32 Å². The quantitative estimate of drug-likeness (QED) is 0.838. The molecule has 0 fully saturated rings. The standard InChI is InChI=1S/C16H16Cl2N2O3S/c1-3-20(15-6-4-5-14(17)16(15)18)24(22,23)13-9-7-12(8-10-13)19-11(2)21/h4-10H,3H2,1-2H3,(H,19,21). The smallest absolute Gasteiger partial charge is 0.264 e. The Hall–Kier alpha value is -1.76. The van der Waals surface area contributed by atoms with Crippen LogP contribution in [0.15, 0.2) is 47.4 Å². The molecule has 0 saturated heterocycles. The molecule has 0 aliphatic carbocycles. The number of carbonyl (C=O) groups excluding carboxylic acids is 1. The summed E-state index contributed by atoms with van der Waals surface area (Å²) in [7, 11) is -3.81. The second kappa shape index (κ2) is 7.42. The number of rotatable bonds is 5. The topological polar surface area (TPSA) is 66.5 Å². The van der Waals surface area contributed by atoms with Gasteiger partial charge < -0.3 is 5.32 Å². The number of halogens is 2. The molecule has 1 amide bonds. The van der Waals surface area contributed by atoms with Crippen molar-refractivity contribution < 1.29 is 13.2 Å². The average molecular weight is 387 g/mol. The van der Waals surface area contributed by atoms with Crippen LogP contribution in [0.5, 0.6) is 0 Å². The molecule has 1 N–H and O–H groups in total. The Balaban J connectivity index is 2.43. The van der Waals surface area contributed by atoms with Crippen LogP contribution in [0.4, 0.5) is 11.4 Å². The highest BCUT2D eigenvalue weighted by atomic mass is 35.5. The van der Waals surface area contributed by atoms with Crippen molar-refractivity contribution in [3.63, 3.8) is 0 Å². The van der Waals surface area contributed by atoms with Gasteiger partial charge in [-0.05, 0) is 43.3 Å². The minimum absolute atomic E-state index is 0.0921. The van der Waals surface area contributed by atoms with Crippen LogP contribution in [0.25, 0.3) is 0 Å². The van der Waals surface area contributed by atoms with E-state index in [1.165, 1.54) is 35.5 Å². The largest absolute Gasteiger partial charge is 0.326 e. The van der Waals surface area contributed by atoms with Gasteiger partial charge in [0.05, 0.1) is 20.6 Å². The highest BCUT2D eigenvalue weighted by molar-refractivity contribution is 7.92. The van der Waals surface area contributed by atoms with Crippen molar-refractivity contribution >= 4 is 50.5 Å². The molecule has 0 aromatic heterocycles. The lowest BCUT2D eigenvalue weighted by Crippen LogP contribution is -2.31. The number of amides is 1. The maximum absolute atomic E-state index is 12.9. The Morgan fingerprint density at radius 1 is 1.12 bits per heavy atom. The molecule has 0 spiro atoms. The molecule has 0 aliphatic heterocycles. The van der Waals surface area contributed by atoms with Crippen molar-refractivity contribution in [1.29, 1.82) is 0 Å². The Kier molecular flexibility index (Phi) is 5.74. The Morgan fingerprint density at radius 3 is 2.29 bits per heavy atom. The molecule has 0 bridgehead atoms. The van der Waals surface area contributed by atoms with E-state index in [4.69, 9.17) is 23.2 Å². The molecule has 24 heavy (non-hydrogen) atoms. The molecule has 0 unspecified atom stereocenters. The summed E-state index contributed by atoms with van der Waals surface area (Å²) >= 11 is 12.1. The Bertz CT molecular complexity index is 852. The van der Waals surface area contributed by atoms with Gasteiger partial charge in [-0.3, -0.25) is 9.10 Å². The summed E-state index contributed by atoms with van der Waals surface area (Å²) in [5.41, 5.74) is 0.836. The summed E-state index contributed by atoms with van der Waals surface area (Å²) in [4.78, 5) is 11.1. The third-order valence-electron chi connectivity index (χ3n) is 3.25. The van der Waals surface area contributed by atoms with E-state index in [1.807, 2.05) is 0 Å². The van der Waals surface area contributed by atoms with E-state index in [0.29, 0.717) is 11.4 Å². The van der Waals surface area contributed by atoms with Crippen molar-refractivity contribution in [1.82, 2.24) is 0 Å². The zero-order valence-corrected chi connectivity index (χ0v) is 15.4. The minimum atomic E-state index is -3.81. The van der Waals surface area contributed by atoms with Crippen LogP contribution in [-0.2, 0) is 14.8 Å². The molecule has 5 nitrogen and oxygen atoms in total. The number of sulfonamides is 1. The molecule has 8 heteroatoms. The fourth-order valence-electron chi connectivity index (χ4n) is 2.20. The van der Waals surface area contributed by atoms with Crippen LogP contribution >= 0.6 is 23.2 Å². The van der Waals surface area contributed by atoms with E-state index in [-0.39, 0.29) is 27.4 Å². The summed E-state index contributed by atoms with van der Waals surface area (Å²) in [6.07, 6.45) is 0. The van der Waals surface area contributed by atoms with Crippen LogP contribution in [0.2, 0.25) is 10.0 Å². The van der Waals surface area contributed by atoms with E-state index in [1.54, 1.807) is 25.1 Å². The third-order valence-corrected chi connectivity index (χ3v) is 5.96. The lowest BCUT2D eigenvalue weighted by Gasteiger charge is -2.24. The van der Waals surface area contributed by atoms with Gasteiger partial charge >= 0.3 is 0 Å². The molecule has 128 valence electrons. The first-order chi connectivity index (χ1) is 11.3. The highest BCUT2D eigenvalue weighted by Gasteiger charge is 2.25. The zero-order chi connectivity index (χ0) is 17.9. The van der Waals surface area contributed by atoms with Crippen LogP contribution in [0.1, 0.15) is 13.8 Å². The van der Waals surface area contributed by atoms with Crippen LogP contribution in [0.3, 0.4) is 0 Å². The predicted molar refractivity (Wildman–Crippen MR) is 97.4 cm³/mol. The number of benzene rings is 2. The highest BCUT2D eigenvalue weighted by Crippen LogP contribution is 2.35.